The van der Waals surface area contributed by atoms with E-state index in [9.17, 15) is 4.79 Å². The van der Waals surface area contributed by atoms with Crippen LogP contribution in [0, 0.1) is 0 Å². The average molecular weight is 447 g/mol. The molecule has 3 aromatic carbocycles. The smallest absolute Gasteiger partial charge is 0.323 e. The number of amides is 2. The number of nitrogens with one attached hydrogen (secondary N) is 3. The number of benzene rings is 3. The Morgan fingerprint density at radius 1 is 1.03 bits per heavy atom. The van der Waals surface area contributed by atoms with E-state index >= 15 is 0 Å². The van der Waals surface area contributed by atoms with Crippen molar-refractivity contribution in [2.75, 3.05) is 36.7 Å². The van der Waals surface area contributed by atoms with Gasteiger partial charge >= 0.3 is 6.03 Å². The molecular formula is C24H26N6O3. The minimum Gasteiger partial charge on any atom is -0.489 e. The van der Waals surface area contributed by atoms with E-state index in [1.807, 2.05) is 60.7 Å². The summed E-state index contributed by atoms with van der Waals surface area (Å²) < 4.78 is 10.8. The number of aromatic nitrogens is 2. The number of nitrogens with zero attached hydrogens (tertiary/aromatic N) is 1. The van der Waals surface area contributed by atoms with E-state index in [0.717, 1.165) is 27.6 Å². The van der Waals surface area contributed by atoms with Crippen LogP contribution in [0.4, 0.5) is 22.0 Å². The number of nitrogen functional groups attached to an aromatic ring is 1. The van der Waals surface area contributed by atoms with Crippen LogP contribution < -0.4 is 26.8 Å². The predicted octanol–water partition coefficient (Wildman–Crippen LogP) is 3.94. The second-order valence-electron chi connectivity index (χ2n) is 7.37. The number of carbonyl (C=O) groups is 1. The van der Waals surface area contributed by atoms with E-state index in [-0.39, 0.29) is 6.03 Å². The first-order valence-electron chi connectivity index (χ1n) is 10.4. The number of nitrogens with two attached hydrogens (primary N) is 2. The Bertz CT molecular complexity index is 1250. The van der Waals surface area contributed by atoms with E-state index in [1.54, 1.807) is 7.11 Å². The van der Waals surface area contributed by atoms with E-state index < -0.39 is 0 Å². The fraction of sp³-hybridized carbons (Fsp3) is 0.167. The molecule has 0 aliphatic carbocycles. The third-order valence-electron chi connectivity index (χ3n) is 5.13. The molecule has 9 heteroatoms. The molecule has 0 radical (unpaired) electrons. The summed E-state index contributed by atoms with van der Waals surface area (Å²) in [5.41, 5.74) is 16.6. The molecule has 170 valence electrons. The second kappa shape index (κ2) is 10.0. The lowest BCUT2D eigenvalue weighted by molar-refractivity contribution is 0.147. The fourth-order valence-electron chi connectivity index (χ4n) is 3.53. The van der Waals surface area contributed by atoms with Gasteiger partial charge in [-0.1, -0.05) is 24.3 Å². The van der Waals surface area contributed by atoms with Crippen LogP contribution in [0.25, 0.3) is 22.0 Å². The van der Waals surface area contributed by atoms with Gasteiger partial charge in [0.2, 0.25) is 0 Å². The molecule has 1 aromatic heterocycles. The highest BCUT2D eigenvalue weighted by Gasteiger charge is 2.15. The Balaban J connectivity index is 1.50. The first kappa shape index (κ1) is 22.1. The van der Waals surface area contributed by atoms with Gasteiger partial charge in [0, 0.05) is 25.0 Å². The van der Waals surface area contributed by atoms with Gasteiger partial charge in [-0.05, 0) is 53.1 Å². The molecular weight excluding hydrogens is 420 g/mol. The van der Waals surface area contributed by atoms with Crippen LogP contribution in [-0.2, 0) is 11.3 Å². The van der Waals surface area contributed by atoms with E-state index in [4.69, 9.17) is 20.9 Å². The molecule has 33 heavy (non-hydrogen) atoms. The second-order valence-corrected chi connectivity index (χ2v) is 7.37. The van der Waals surface area contributed by atoms with Crippen LogP contribution >= 0.6 is 0 Å². The number of methoxy groups -OCH3 is 1. The average Bonchev–Trinajstić information content (AvgIpc) is 3.22. The largest absolute Gasteiger partial charge is 0.489 e. The van der Waals surface area contributed by atoms with Gasteiger partial charge in [0.1, 0.15) is 17.9 Å². The topological polar surface area (TPSA) is 140 Å². The quantitative estimate of drug-likeness (QED) is 0.260. The van der Waals surface area contributed by atoms with Gasteiger partial charge in [0.15, 0.2) is 5.82 Å². The highest BCUT2D eigenvalue weighted by Crippen LogP contribution is 2.36. The summed E-state index contributed by atoms with van der Waals surface area (Å²) in [6, 6.07) is 18.4. The normalized spacial score (nSPS) is 10.8. The van der Waals surface area contributed by atoms with Gasteiger partial charge in [-0.15, -0.1) is 0 Å². The molecule has 0 atom stereocenters. The zero-order chi connectivity index (χ0) is 23.2. The summed E-state index contributed by atoms with van der Waals surface area (Å²) in [6.45, 7) is 1.31. The van der Waals surface area contributed by atoms with Crippen LogP contribution in [0.2, 0.25) is 0 Å². The van der Waals surface area contributed by atoms with E-state index in [2.05, 4.69) is 20.8 Å². The molecule has 4 aromatic rings. The number of rotatable bonds is 8. The number of hydrogen-bond donors (Lipinski definition) is 5. The summed E-state index contributed by atoms with van der Waals surface area (Å²) in [7, 11) is 1.62. The van der Waals surface area contributed by atoms with Gasteiger partial charge in [0.25, 0.3) is 0 Å². The number of hydrogen-bond acceptors (Lipinski definition) is 6. The van der Waals surface area contributed by atoms with Crippen LogP contribution in [0.15, 0.2) is 60.7 Å². The van der Waals surface area contributed by atoms with Crippen molar-refractivity contribution >= 4 is 34.1 Å². The van der Waals surface area contributed by atoms with E-state index in [1.165, 1.54) is 0 Å². The van der Waals surface area contributed by atoms with Crippen molar-refractivity contribution in [3.8, 4) is 16.9 Å². The SMILES string of the molecule is COCCOc1ccc(-c2ccc(NC(=O)Nc3cccc(CN)c3)cc2)c2c(N)n[nH]c12. The Labute approximate surface area is 191 Å². The lowest BCUT2D eigenvalue weighted by Crippen LogP contribution is -2.19. The molecule has 0 bridgehead atoms. The van der Waals surface area contributed by atoms with Gasteiger partial charge in [-0.3, -0.25) is 5.10 Å². The van der Waals surface area contributed by atoms with Crippen molar-refractivity contribution in [3.05, 3.63) is 66.2 Å². The fourth-order valence-corrected chi connectivity index (χ4v) is 3.53. The molecule has 0 aliphatic heterocycles. The number of carbonyl (C=O) groups excluding carboxylic acids is 1. The van der Waals surface area contributed by atoms with Gasteiger partial charge < -0.3 is 31.6 Å². The molecule has 0 aliphatic rings. The Morgan fingerprint density at radius 2 is 1.82 bits per heavy atom. The van der Waals surface area contributed by atoms with Crippen molar-refractivity contribution < 1.29 is 14.3 Å². The van der Waals surface area contributed by atoms with Gasteiger partial charge in [0.05, 0.1) is 12.0 Å². The zero-order valence-electron chi connectivity index (χ0n) is 18.2. The molecule has 2 amide bonds. The molecule has 9 nitrogen and oxygen atoms in total. The third-order valence-corrected chi connectivity index (χ3v) is 5.13. The van der Waals surface area contributed by atoms with Crippen molar-refractivity contribution in [3.63, 3.8) is 0 Å². The minimum absolute atomic E-state index is 0.337. The van der Waals surface area contributed by atoms with Crippen LogP contribution in [0.5, 0.6) is 5.75 Å². The highest BCUT2D eigenvalue weighted by atomic mass is 16.5. The standard InChI is InChI=1S/C24H26N6O3/c1-32-11-12-33-20-10-9-19(21-22(20)29-30-23(21)26)16-5-7-17(8-6-16)27-24(31)28-18-4-2-3-15(13-18)14-25/h2-10,13H,11-12,14,25H2,1H3,(H3,26,29,30)(H2,27,28,31). The molecule has 0 unspecified atom stereocenters. The number of H-pyrrole nitrogens is 1. The maximum absolute atomic E-state index is 12.4. The van der Waals surface area contributed by atoms with Gasteiger partial charge in [-0.25, -0.2) is 4.79 Å². The maximum atomic E-state index is 12.4. The zero-order valence-corrected chi connectivity index (χ0v) is 18.2. The minimum atomic E-state index is -0.337. The number of fused-ring (bicyclic) bond motifs is 1. The summed E-state index contributed by atoms with van der Waals surface area (Å²) in [6.07, 6.45) is 0. The van der Waals surface area contributed by atoms with Crippen molar-refractivity contribution in [2.24, 2.45) is 5.73 Å². The van der Waals surface area contributed by atoms with Crippen molar-refractivity contribution in [1.82, 2.24) is 10.2 Å². The summed E-state index contributed by atoms with van der Waals surface area (Å²) in [5, 5.41) is 13.5. The highest BCUT2D eigenvalue weighted by molar-refractivity contribution is 6.04. The van der Waals surface area contributed by atoms with Crippen molar-refractivity contribution in [1.29, 1.82) is 0 Å². The van der Waals surface area contributed by atoms with E-state index in [0.29, 0.717) is 42.7 Å². The number of urea groups is 1. The van der Waals surface area contributed by atoms with Crippen molar-refractivity contribution in [2.45, 2.75) is 6.54 Å². The number of anilines is 3. The molecule has 0 saturated carbocycles. The lowest BCUT2D eigenvalue weighted by Gasteiger charge is -2.11. The third kappa shape index (κ3) is 5.05. The predicted molar refractivity (Wildman–Crippen MR) is 130 cm³/mol. The summed E-state index contributed by atoms with van der Waals surface area (Å²) in [5.74, 6) is 1.04. The summed E-state index contributed by atoms with van der Waals surface area (Å²) in [4.78, 5) is 12.4. The molecule has 0 saturated heterocycles. The summed E-state index contributed by atoms with van der Waals surface area (Å²) >= 11 is 0. The molecule has 7 N–H and O–H groups in total. The first-order valence-corrected chi connectivity index (χ1v) is 10.4. The molecule has 4 rings (SSSR count). The number of ether oxygens (including phenoxy) is 2. The molecule has 0 fully saturated rings. The van der Waals surface area contributed by atoms with Crippen LogP contribution in [-0.4, -0.2) is 36.6 Å². The maximum Gasteiger partial charge on any atom is 0.323 e. The Morgan fingerprint density at radius 3 is 2.58 bits per heavy atom. The van der Waals surface area contributed by atoms with Gasteiger partial charge in [-0.2, -0.15) is 5.10 Å². The van der Waals surface area contributed by atoms with Crippen LogP contribution in [0.1, 0.15) is 5.56 Å². The first-order chi connectivity index (χ1) is 16.1. The lowest BCUT2D eigenvalue weighted by atomic mass is 10.0. The Kier molecular flexibility index (Phi) is 6.72. The Hall–Kier alpha value is -4.08. The van der Waals surface area contributed by atoms with Crippen LogP contribution in [0.3, 0.4) is 0 Å². The monoisotopic (exact) mass is 446 g/mol. The molecule has 0 spiro atoms. The number of aromatic amines is 1. The molecule has 1 heterocycles.